The standard InChI is InChI=1S/C37H26FNO10/c38-26-2-1-3-31(19-26)49-30-16-10-27(11-17-30)39-35(42)32-18-22(20-47-28-12-6-23(7-13-28)33(40)36(43)44)4-5-25(32)21-48-29-14-8-24(9-15-29)34(41)37(45)46/h1-19H,20-21H2,(H,39,42)(H,43,44)(H,45,46). The molecule has 0 radical (unpaired) electrons. The van der Waals surface area contributed by atoms with Crippen LogP contribution in [0.15, 0.2) is 115 Å². The van der Waals surface area contributed by atoms with Gasteiger partial charge in [-0.1, -0.05) is 18.2 Å². The Balaban J connectivity index is 1.32. The van der Waals surface area contributed by atoms with E-state index >= 15 is 0 Å². The van der Waals surface area contributed by atoms with Gasteiger partial charge in [-0.25, -0.2) is 14.0 Å². The number of ether oxygens (including phenoxy) is 3. The summed E-state index contributed by atoms with van der Waals surface area (Å²) in [7, 11) is 0. The number of benzene rings is 5. The van der Waals surface area contributed by atoms with Gasteiger partial charge in [0.25, 0.3) is 17.5 Å². The summed E-state index contributed by atoms with van der Waals surface area (Å²) in [6, 6.07) is 28.3. The lowest BCUT2D eigenvalue weighted by Crippen LogP contribution is -2.16. The van der Waals surface area contributed by atoms with Crippen molar-refractivity contribution in [1.82, 2.24) is 0 Å². The highest BCUT2D eigenvalue weighted by molar-refractivity contribution is 6.40. The third kappa shape index (κ3) is 8.92. The smallest absolute Gasteiger partial charge is 0.377 e. The lowest BCUT2D eigenvalue weighted by molar-refractivity contribution is -0.132. The Bertz CT molecular complexity index is 2020. The summed E-state index contributed by atoms with van der Waals surface area (Å²) in [5.41, 5.74) is 1.78. The Labute approximate surface area is 278 Å². The maximum absolute atomic E-state index is 13.6. The average molecular weight is 664 g/mol. The normalized spacial score (nSPS) is 10.5. The fraction of sp³-hybridized carbons (Fsp3) is 0.0541. The van der Waals surface area contributed by atoms with Gasteiger partial charge in [0.15, 0.2) is 0 Å². The van der Waals surface area contributed by atoms with Crippen LogP contribution in [0.1, 0.15) is 42.2 Å². The molecule has 3 N–H and O–H groups in total. The Morgan fingerprint density at radius 1 is 0.592 bits per heavy atom. The highest BCUT2D eigenvalue weighted by Gasteiger charge is 2.17. The molecule has 0 atom stereocenters. The molecule has 0 bridgehead atoms. The summed E-state index contributed by atoms with van der Waals surface area (Å²) in [4.78, 5) is 58.9. The van der Waals surface area contributed by atoms with Gasteiger partial charge < -0.3 is 29.7 Å². The molecular weight excluding hydrogens is 637 g/mol. The molecule has 0 spiro atoms. The van der Waals surface area contributed by atoms with E-state index in [0.717, 1.165) is 0 Å². The quantitative estimate of drug-likeness (QED) is 0.0875. The van der Waals surface area contributed by atoms with Gasteiger partial charge in [-0.15, -0.1) is 0 Å². The van der Waals surface area contributed by atoms with E-state index in [-0.39, 0.29) is 29.9 Å². The second-order valence-electron chi connectivity index (χ2n) is 10.4. The molecule has 5 rings (SSSR count). The largest absolute Gasteiger partial charge is 0.489 e. The molecule has 0 saturated carbocycles. The van der Waals surface area contributed by atoms with Crippen LogP contribution in [0.2, 0.25) is 0 Å². The van der Waals surface area contributed by atoms with Gasteiger partial charge in [-0.05, 0) is 96.6 Å². The zero-order chi connectivity index (χ0) is 34.9. The van der Waals surface area contributed by atoms with Crippen molar-refractivity contribution in [3.63, 3.8) is 0 Å². The number of carboxylic acid groups (broad SMARTS) is 2. The summed E-state index contributed by atoms with van der Waals surface area (Å²) in [5, 5.41) is 20.7. The lowest BCUT2D eigenvalue weighted by atomic mass is 10.0. The van der Waals surface area contributed by atoms with E-state index in [0.29, 0.717) is 39.8 Å². The van der Waals surface area contributed by atoms with Gasteiger partial charge in [-0.2, -0.15) is 0 Å². The van der Waals surface area contributed by atoms with Crippen LogP contribution in [-0.4, -0.2) is 39.6 Å². The first-order valence-electron chi connectivity index (χ1n) is 14.5. The fourth-order valence-electron chi connectivity index (χ4n) is 4.50. The summed E-state index contributed by atoms with van der Waals surface area (Å²) in [6.07, 6.45) is 0. The number of hydrogen-bond donors (Lipinski definition) is 3. The van der Waals surface area contributed by atoms with Crippen LogP contribution in [0.4, 0.5) is 10.1 Å². The molecule has 0 fully saturated rings. The van der Waals surface area contributed by atoms with Crippen LogP contribution in [0.5, 0.6) is 23.0 Å². The molecule has 5 aromatic carbocycles. The number of Topliss-reactive ketones (excluding diaryl/α,β-unsaturated/α-hetero) is 2. The number of aliphatic carboxylic acids is 2. The molecule has 0 aromatic heterocycles. The van der Waals surface area contributed by atoms with Gasteiger partial charge in [0, 0.05) is 34.0 Å². The van der Waals surface area contributed by atoms with Crippen molar-refractivity contribution in [2.75, 3.05) is 5.32 Å². The van der Waals surface area contributed by atoms with Crippen LogP contribution >= 0.6 is 0 Å². The number of carbonyl (C=O) groups excluding carboxylic acids is 3. The van der Waals surface area contributed by atoms with Crippen molar-refractivity contribution < 1.29 is 52.8 Å². The predicted molar refractivity (Wildman–Crippen MR) is 173 cm³/mol. The summed E-state index contributed by atoms with van der Waals surface area (Å²) >= 11 is 0. The molecular formula is C37H26FNO10. The van der Waals surface area contributed by atoms with Crippen LogP contribution < -0.4 is 19.5 Å². The Morgan fingerprint density at radius 2 is 1.14 bits per heavy atom. The number of ketones is 2. The molecule has 0 aliphatic heterocycles. The van der Waals surface area contributed by atoms with Crippen molar-refractivity contribution in [2.24, 2.45) is 0 Å². The van der Waals surface area contributed by atoms with E-state index in [1.165, 1.54) is 66.7 Å². The summed E-state index contributed by atoms with van der Waals surface area (Å²) < 4.78 is 30.8. The lowest BCUT2D eigenvalue weighted by Gasteiger charge is -2.14. The van der Waals surface area contributed by atoms with E-state index in [2.05, 4.69) is 5.32 Å². The van der Waals surface area contributed by atoms with Crippen molar-refractivity contribution in [1.29, 1.82) is 0 Å². The monoisotopic (exact) mass is 663 g/mol. The molecule has 0 aliphatic carbocycles. The SMILES string of the molecule is O=C(O)C(=O)c1ccc(OCc2ccc(COc3ccc(C(=O)C(=O)O)cc3)c(C(=O)Nc3ccc(Oc4cccc(F)c4)cc3)c2)cc1. The molecule has 12 heteroatoms. The summed E-state index contributed by atoms with van der Waals surface area (Å²) in [5.74, 6) is -4.72. The predicted octanol–water partition coefficient (Wildman–Crippen LogP) is 6.56. The third-order valence-corrected chi connectivity index (χ3v) is 6.98. The van der Waals surface area contributed by atoms with E-state index in [1.807, 2.05) is 0 Å². The number of nitrogens with one attached hydrogen (secondary N) is 1. The fourth-order valence-corrected chi connectivity index (χ4v) is 4.50. The molecule has 49 heavy (non-hydrogen) atoms. The number of halogens is 1. The zero-order valence-electron chi connectivity index (χ0n) is 25.4. The minimum Gasteiger partial charge on any atom is -0.489 e. The van der Waals surface area contributed by atoms with Crippen molar-refractivity contribution in [3.8, 4) is 23.0 Å². The molecule has 0 aliphatic rings. The van der Waals surface area contributed by atoms with Crippen molar-refractivity contribution in [3.05, 3.63) is 149 Å². The van der Waals surface area contributed by atoms with Crippen molar-refractivity contribution in [2.45, 2.75) is 13.2 Å². The van der Waals surface area contributed by atoms with E-state index < -0.39 is 35.2 Å². The number of hydrogen-bond acceptors (Lipinski definition) is 8. The summed E-state index contributed by atoms with van der Waals surface area (Å²) in [6.45, 7) is -0.0333. The molecule has 1 amide bonds. The van der Waals surface area contributed by atoms with Crippen LogP contribution in [0, 0.1) is 5.82 Å². The first kappa shape index (κ1) is 33.5. The van der Waals surface area contributed by atoms with E-state index in [4.69, 9.17) is 24.4 Å². The first-order chi connectivity index (χ1) is 23.5. The second kappa shape index (κ2) is 15.2. The first-order valence-corrected chi connectivity index (χ1v) is 14.5. The Hall–Kier alpha value is -6.82. The van der Waals surface area contributed by atoms with E-state index in [1.54, 1.807) is 48.5 Å². The van der Waals surface area contributed by atoms with Gasteiger partial charge in [0.05, 0.1) is 0 Å². The minimum absolute atomic E-state index is 0.000145. The highest BCUT2D eigenvalue weighted by Crippen LogP contribution is 2.25. The van der Waals surface area contributed by atoms with Gasteiger partial charge >= 0.3 is 11.9 Å². The van der Waals surface area contributed by atoms with Crippen LogP contribution in [0.25, 0.3) is 0 Å². The van der Waals surface area contributed by atoms with Gasteiger partial charge in [0.2, 0.25) is 0 Å². The minimum atomic E-state index is -1.58. The zero-order valence-corrected chi connectivity index (χ0v) is 25.4. The van der Waals surface area contributed by atoms with Crippen molar-refractivity contribution >= 4 is 35.1 Å². The molecule has 11 nitrogen and oxygen atoms in total. The van der Waals surface area contributed by atoms with Gasteiger partial charge in [0.1, 0.15) is 42.0 Å². The number of rotatable bonds is 14. The van der Waals surface area contributed by atoms with Crippen LogP contribution in [0.3, 0.4) is 0 Å². The van der Waals surface area contributed by atoms with Gasteiger partial charge in [-0.3, -0.25) is 14.4 Å². The number of carbonyl (C=O) groups is 5. The molecule has 0 saturated heterocycles. The topological polar surface area (TPSA) is 166 Å². The highest BCUT2D eigenvalue weighted by atomic mass is 19.1. The average Bonchev–Trinajstić information content (AvgIpc) is 3.10. The molecule has 0 unspecified atom stereocenters. The Kier molecular flexibility index (Phi) is 10.4. The number of amides is 1. The maximum Gasteiger partial charge on any atom is 0.377 e. The third-order valence-electron chi connectivity index (χ3n) is 6.98. The van der Waals surface area contributed by atoms with E-state index in [9.17, 15) is 28.4 Å². The second-order valence-corrected chi connectivity index (χ2v) is 10.4. The number of carboxylic acids is 2. The molecule has 246 valence electrons. The Morgan fingerprint density at radius 3 is 1.69 bits per heavy atom. The molecule has 0 heterocycles. The molecule has 5 aromatic rings. The number of anilines is 1. The van der Waals surface area contributed by atoms with Crippen LogP contribution in [-0.2, 0) is 22.8 Å². The maximum atomic E-state index is 13.6.